The molecule has 0 aromatic heterocycles. The van der Waals surface area contributed by atoms with Crippen LogP contribution in [0.4, 0.5) is 0 Å². The number of carbonyl (C=O) groups is 1. The van der Waals surface area contributed by atoms with Crippen LogP contribution in [0.2, 0.25) is 0 Å². The third kappa shape index (κ3) is 3.69. The molecule has 1 fully saturated rings. The molecule has 0 saturated heterocycles. The first kappa shape index (κ1) is 19.8. The minimum atomic E-state index is -1.42. The van der Waals surface area contributed by atoms with Crippen LogP contribution >= 0.6 is 0 Å². The van der Waals surface area contributed by atoms with Crippen molar-refractivity contribution in [1.82, 2.24) is 0 Å². The van der Waals surface area contributed by atoms with Crippen molar-refractivity contribution >= 4 is 5.97 Å². The van der Waals surface area contributed by atoms with E-state index >= 15 is 0 Å². The Morgan fingerprint density at radius 1 is 1.04 bits per heavy atom. The van der Waals surface area contributed by atoms with Crippen molar-refractivity contribution in [3.63, 3.8) is 0 Å². The number of aliphatic hydroxyl groups is 2. The number of methoxy groups -OCH3 is 2. The highest BCUT2D eigenvalue weighted by atomic mass is 16.5. The maximum atomic E-state index is 12.1. The zero-order valence-corrected chi connectivity index (χ0v) is 15.5. The van der Waals surface area contributed by atoms with Gasteiger partial charge in [0.15, 0.2) is 23.0 Å². The molecule has 1 aliphatic rings. The lowest BCUT2D eigenvalue weighted by atomic mass is 10.0. The quantitative estimate of drug-likeness (QED) is 0.411. The Morgan fingerprint density at radius 2 is 1.75 bits per heavy atom. The van der Waals surface area contributed by atoms with Gasteiger partial charge in [-0.15, -0.1) is 0 Å². The molecule has 2 aromatic rings. The summed E-state index contributed by atoms with van der Waals surface area (Å²) in [7, 11) is 3.03. The number of aliphatic hydroxyl groups excluding tert-OH is 1. The van der Waals surface area contributed by atoms with Crippen LogP contribution in [0.1, 0.15) is 15.9 Å². The summed E-state index contributed by atoms with van der Waals surface area (Å²) >= 11 is 0. The first-order valence-corrected chi connectivity index (χ1v) is 8.60. The van der Waals surface area contributed by atoms with Crippen LogP contribution in [0.25, 0.3) is 0 Å². The van der Waals surface area contributed by atoms with Crippen LogP contribution in [0.15, 0.2) is 36.4 Å². The van der Waals surface area contributed by atoms with Gasteiger partial charge in [0.1, 0.15) is 5.60 Å². The topological polar surface area (TPSA) is 126 Å². The highest BCUT2D eigenvalue weighted by molar-refractivity contribution is 5.90. The van der Waals surface area contributed by atoms with Crippen LogP contribution in [0, 0.1) is 5.92 Å². The average molecular weight is 390 g/mol. The Balaban J connectivity index is 1.62. The second kappa shape index (κ2) is 7.57. The molecule has 0 bridgehead atoms. The summed E-state index contributed by atoms with van der Waals surface area (Å²) in [5.74, 6) is -1.10. The molecule has 150 valence electrons. The zero-order valence-electron chi connectivity index (χ0n) is 15.5. The molecule has 0 radical (unpaired) electrons. The van der Waals surface area contributed by atoms with Gasteiger partial charge < -0.3 is 34.6 Å². The summed E-state index contributed by atoms with van der Waals surface area (Å²) in [5, 5.41) is 39.5. The predicted molar refractivity (Wildman–Crippen MR) is 97.8 cm³/mol. The second-order valence-electron chi connectivity index (χ2n) is 6.71. The molecule has 0 spiro atoms. The molecular formula is C20H22O8. The molecule has 0 amide bonds. The Morgan fingerprint density at radius 3 is 2.39 bits per heavy atom. The van der Waals surface area contributed by atoms with Gasteiger partial charge in [0, 0.05) is 6.42 Å². The monoisotopic (exact) mass is 390 g/mol. The van der Waals surface area contributed by atoms with Crippen molar-refractivity contribution in [2.24, 2.45) is 5.92 Å². The van der Waals surface area contributed by atoms with Gasteiger partial charge in [-0.3, -0.25) is 0 Å². The van der Waals surface area contributed by atoms with E-state index in [-0.39, 0.29) is 24.3 Å². The minimum absolute atomic E-state index is 0.0499. The highest BCUT2D eigenvalue weighted by Crippen LogP contribution is 2.47. The highest BCUT2D eigenvalue weighted by Gasteiger charge is 2.64. The number of hydrogen-bond donors (Lipinski definition) is 4. The molecule has 4 N–H and O–H groups in total. The summed E-state index contributed by atoms with van der Waals surface area (Å²) in [4.78, 5) is 12.1. The Bertz CT molecular complexity index is 881. The summed E-state index contributed by atoms with van der Waals surface area (Å²) in [5.41, 5.74) is -0.637. The van der Waals surface area contributed by atoms with Gasteiger partial charge in [0.05, 0.1) is 38.4 Å². The van der Waals surface area contributed by atoms with Crippen LogP contribution in [0.5, 0.6) is 23.0 Å². The SMILES string of the molecule is COc1ccc(CC2(O)C(O)C2COC(=O)c2ccc(O)c(O)c2)cc1OC. The summed E-state index contributed by atoms with van der Waals surface area (Å²) in [6.45, 7) is -0.189. The van der Waals surface area contributed by atoms with Crippen molar-refractivity contribution in [3.8, 4) is 23.0 Å². The number of phenols is 2. The van der Waals surface area contributed by atoms with Gasteiger partial charge in [-0.2, -0.15) is 0 Å². The molecular weight excluding hydrogens is 368 g/mol. The minimum Gasteiger partial charge on any atom is -0.504 e. The van der Waals surface area contributed by atoms with Crippen molar-refractivity contribution in [2.45, 2.75) is 18.1 Å². The van der Waals surface area contributed by atoms with Crippen molar-refractivity contribution < 1.29 is 39.4 Å². The van der Waals surface area contributed by atoms with E-state index in [1.807, 2.05) is 0 Å². The Labute approximate surface area is 161 Å². The van der Waals surface area contributed by atoms with E-state index in [1.165, 1.54) is 26.4 Å². The number of aromatic hydroxyl groups is 2. The van der Waals surface area contributed by atoms with E-state index in [9.17, 15) is 25.2 Å². The van der Waals surface area contributed by atoms with Crippen molar-refractivity contribution in [1.29, 1.82) is 0 Å². The van der Waals surface area contributed by atoms with Gasteiger partial charge in [0.2, 0.25) is 0 Å². The van der Waals surface area contributed by atoms with E-state index in [4.69, 9.17) is 14.2 Å². The van der Waals surface area contributed by atoms with E-state index in [2.05, 4.69) is 0 Å². The number of rotatable bonds is 7. The predicted octanol–water partition coefficient (Wildman–Crippen LogP) is 1.24. The number of hydrogen-bond acceptors (Lipinski definition) is 8. The van der Waals surface area contributed by atoms with Crippen LogP contribution in [0.3, 0.4) is 0 Å². The Kier molecular flexibility index (Phi) is 5.35. The number of carbonyl (C=O) groups excluding carboxylic acids is 1. The van der Waals surface area contributed by atoms with Crippen LogP contribution in [-0.4, -0.2) is 58.9 Å². The standard InChI is InChI=1S/C20H22O8/c1-26-16-6-3-11(7-17(16)27-2)9-20(25)13(18(20)23)10-28-19(24)12-4-5-14(21)15(22)8-12/h3-8,13,18,21-23,25H,9-10H2,1-2H3. The van der Waals surface area contributed by atoms with E-state index in [0.717, 1.165) is 11.6 Å². The number of benzene rings is 2. The number of ether oxygens (including phenoxy) is 3. The molecule has 0 aliphatic heterocycles. The number of phenolic OH excluding ortho intramolecular Hbond substituents is 2. The van der Waals surface area contributed by atoms with E-state index in [0.29, 0.717) is 11.5 Å². The molecule has 1 aliphatic carbocycles. The van der Waals surface area contributed by atoms with Crippen molar-refractivity contribution in [3.05, 3.63) is 47.5 Å². The van der Waals surface area contributed by atoms with Crippen LogP contribution < -0.4 is 9.47 Å². The first-order chi connectivity index (χ1) is 13.3. The smallest absolute Gasteiger partial charge is 0.338 e. The first-order valence-electron chi connectivity index (χ1n) is 8.60. The molecule has 3 rings (SSSR count). The molecule has 8 nitrogen and oxygen atoms in total. The molecule has 3 unspecified atom stereocenters. The fourth-order valence-electron chi connectivity index (χ4n) is 3.17. The maximum absolute atomic E-state index is 12.1. The molecule has 0 heterocycles. The molecule has 8 heteroatoms. The summed E-state index contributed by atoms with van der Waals surface area (Å²) < 4.78 is 15.5. The second-order valence-corrected chi connectivity index (χ2v) is 6.71. The molecule has 3 atom stereocenters. The third-order valence-corrected chi connectivity index (χ3v) is 4.97. The summed E-state index contributed by atoms with van der Waals surface area (Å²) in [6, 6.07) is 8.73. The maximum Gasteiger partial charge on any atom is 0.338 e. The molecule has 28 heavy (non-hydrogen) atoms. The average Bonchev–Trinajstić information content (AvgIpc) is 3.20. The van der Waals surface area contributed by atoms with Crippen LogP contribution in [-0.2, 0) is 11.2 Å². The Hall–Kier alpha value is -2.97. The lowest BCUT2D eigenvalue weighted by molar-refractivity contribution is 0.0415. The lowest BCUT2D eigenvalue weighted by Crippen LogP contribution is -2.20. The van der Waals surface area contributed by atoms with E-state index < -0.39 is 29.3 Å². The largest absolute Gasteiger partial charge is 0.504 e. The van der Waals surface area contributed by atoms with E-state index in [1.54, 1.807) is 18.2 Å². The van der Waals surface area contributed by atoms with Crippen molar-refractivity contribution in [2.75, 3.05) is 20.8 Å². The van der Waals surface area contributed by atoms with Gasteiger partial charge in [-0.1, -0.05) is 6.07 Å². The van der Waals surface area contributed by atoms with Gasteiger partial charge in [-0.25, -0.2) is 4.79 Å². The molecule has 2 aromatic carbocycles. The number of esters is 1. The fourth-order valence-corrected chi connectivity index (χ4v) is 3.17. The summed E-state index contributed by atoms with van der Waals surface area (Å²) in [6.07, 6.45) is -0.891. The van der Waals surface area contributed by atoms with Gasteiger partial charge in [-0.05, 0) is 35.9 Å². The third-order valence-electron chi connectivity index (χ3n) is 4.97. The fraction of sp³-hybridized carbons (Fsp3) is 0.350. The molecule has 1 saturated carbocycles. The zero-order chi connectivity index (χ0) is 20.5. The van der Waals surface area contributed by atoms with Gasteiger partial charge >= 0.3 is 5.97 Å². The normalized spacial score (nSPS) is 23.1. The lowest BCUT2D eigenvalue weighted by Gasteiger charge is -2.13. The van der Waals surface area contributed by atoms with Gasteiger partial charge in [0.25, 0.3) is 0 Å².